The number of aliphatic carboxylic acids is 2. The molecule has 0 bridgehead atoms. The Balaban J connectivity index is 5.47. The first kappa shape index (κ1) is 17.9. The van der Waals surface area contributed by atoms with Gasteiger partial charge in [0.2, 0.25) is 0 Å². The Morgan fingerprint density at radius 2 is 1.11 bits per heavy atom. The minimum Gasteiger partial charge on any atom is -0.481 e. The van der Waals surface area contributed by atoms with Crippen LogP contribution in [0.4, 0.5) is 0 Å². The van der Waals surface area contributed by atoms with Crippen LogP contribution >= 0.6 is 0 Å². The molecule has 2 unspecified atom stereocenters. The van der Waals surface area contributed by atoms with E-state index < -0.39 is 22.8 Å². The third kappa shape index (κ3) is 3.95. The molecule has 0 aromatic carbocycles. The Bertz CT molecular complexity index is 283. The summed E-state index contributed by atoms with van der Waals surface area (Å²) in [5.41, 5.74) is -1.81. The maximum atomic E-state index is 11.7. The Morgan fingerprint density at radius 1 is 0.789 bits per heavy atom. The molecule has 2 atom stereocenters. The summed E-state index contributed by atoms with van der Waals surface area (Å²) in [6.45, 7) is 7.58. The summed E-state index contributed by atoms with van der Waals surface area (Å²) in [7, 11) is 0. The third-order valence-electron chi connectivity index (χ3n) is 4.39. The summed E-state index contributed by atoms with van der Waals surface area (Å²) in [4.78, 5) is 23.3. The van der Waals surface area contributed by atoms with Gasteiger partial charge in [-0.15, -0.1) is 0 Å². The van der Waals surface area contributed by atoms with Crippen molar-refractivity contribution in [1.29, 1.82) is 0 Å². The van der Waals surface area contributed by atoms with Crippen molar-refractivity contribution in [3.8, 4) is 0 Å². The normalized spacial score (nSPS) is 17.5. The Labute approximate surface area is 116 Å². The molecule has 2 N–H and O–H groups in total. The highest BCUT2D eigenvalue weighted by Crippen LogP contribution is 2.45. The van der Waals surface area contributed by atoms with Crippen molar-refractivity contribution in [3.63, 3.8) is 0 Å². The van der Waals surface area contributed by atoms with Crippen molar-refractivity contribution in [3.05, 3.63) is 0 Å². The molecule has 0 spiro atoms. The fourth-order valence-electron chi connectivity index (χ4n) is 3.05. The number of carboxylic acids is 2. The van der Waals surface area contributed by atoms with Crippen molar-refractivity contribution in [2.45, 2.75) is 72.6 Å². The quantitative estimate of drug-likeness (QED) is 0.631. The molecule has 0 fully saturated rings. The van der Waals surface area contributed by atoms with E-state index in [0.29, 0.717) is 25.7 Å². The number of carbonyl (C=O) groups is 2. The molecule has 0 heterocycles. The van der Waals surface area contributed by atoms with Crippen molar-refractivity contribution in [2.75, 3.05) is 0 Å². The molecule has 0 aliphatic rings. The van der Waals surface area contributed by atoms with E-state index in [1.165, 1.54) is 0 Å². The molecule has 0 saturated heterocycles. The number of rotatable bonds is 10. The van der Waals surface area contributed by atoms with Crippen LogP contribution in [0.2, 0.25) is 0 Å². The lowest BCUT2D eigenvalue weighted by Crippen LogP contribution is -2.41. The van der Waals surface area contributed by atoms with Gasteiger partial charge in [-0.2, -0.15) is 0 Å². The highest BCUT2D eigenvalue weighted by Gasteiger charge is 2.47. The van der Waals surface area contributed by atoms with Gasteiger partial charge in [0, 0.05) is 0 Å². The SMILES string of the molecule is CCCC(CC)(CC(CC)(CCC)C(=O)O)C(=O)O. The second-order valence-corrected chi connectivity index (χ2v) is 5.55. The van der Waals surface area contributed by atoms with Crippen molar-refractivity contribution in [2.24, 2.45) is 10.8 Å². The lowest BCUT2D eigenvalue weighted by atomic mass is 9.65. The average molecular weight is 272 g/mol. The van der Waals surface area contributed by atoms with Gasteiger partial charge in [0.25, 0.3) is 0 Å². The second-order valence-electron chi connectivity index (χ2n) is 5.55. The predicted molar refractivity (Wildman–Crippen MR) is 75.2 cm³/mol. The van der Waals surface area contributed by atoms with Crippen molar-refractivity contribution >= 4 is 11.9 Å². The molecule has 0 aliphatic heterocycles. The standard InChI is InChI=1S/C15H28O4/c1-5-9-14(7-3,12(16)17)11-15(8-4,10-6-2)13(18)19/h5-11H2,1-4H3,(H,16,17)(H,18,19). The molecule has 0 aliphatic carbocycles. The van der Waals surface area contributed by atoms with Gasteiger partial charge >= 0.3 is 11.9 Å². The smallest absolute Gasteiger partial charge is 0.309 e. The van der Waals surface area contributed by atoms with Gasteiger partial charge in [0.1, 0.15) is 0 Å². The number of hydrogen-bond acceptors (Lipinski definition) is 2. The van der Waals surface area contributed by atoms with Gasteiger partial charge < -0.3 is 10.2 Å². The predicted octanol–water partition coefficient (Wildman–Crippen LogP) is 3.94. The van der Waals surface area contributed by atoms with Crippen LogP contribution in [0.5, 0.6) is 0 Å². The van der Waals surface area contributed by atoms with Gasteiger partial charge in [0.05, 0.1) is 10.8 Å². The Hall–Kier alpha value is -1.06. The highest BCUT2D eigenvalue weighted by atomic mass is 16.4. The van der Waals surface area contributed by atoms with E-state index in [4.69, 9.17) is 0 Å². The van der Waals surface area contributed by atoms with Gasteiger partial charge in [-0.25, -0.2) is 0 Å². The fourth-order valence-corrected chi connectivity index (χ4v) is 3.05. The van der Waals surface area contributed by atoms with Crippen molar-refractivity contribution < 1.29 is 19.8 Å². The molecule has 0 rings (SSSR count). The van der Waals surface area contributed by atoms with Crippen LogP contribution in [0.1, 0.15) is 72.6 Å². The average Bonchev–Trinajstić information content (AvgIpc) is 2.36. The molecular formula is C15H28O4. The van der Waals surface area contributed by atoms with Gasteiger partial charge in [0.15, 0.2) is 0 Å². The lowest BCUT2D eigenvalue weighted by Gasteiger charge is -2.38. The lowest BCUT2D eigenvalue weighted by molar-refractivity contribution is -0.159. The van der Waals surface area contributed by atoms with E-state index in [2.05, 4.69) is 0 Å². The Morgan fingerprint density at radius 3 is 1.26 bits per heavy atom. The van der Waals surface area contributed by atoms with Gasteiger partial charge in [-0.05, 0) is 32.1 Å². The van der Waals surface area contributed by atoms with E-state index >= 15 is 0 Å². The van der Waals surface area contributed by atoms with E-state index in [0.717, 1.165) is 12.8 Å². The highest BCUT2D eigenvalue weighted by molar-refractivity contribution is 5.79. The number of hydrogen-bond donors (Lipinski definition) is 2. The summed E-state index contributed by atoms with van der Waals surface area (Å²) in [5, 5.41) is 19.1. The molecule has 4 nitrogen and oxygen atoms in total. The minimum atomic E-state index is -0.904. The van der Waals surface area contributed by atoms with E-state index in [1.807, 2.05) is 27.7 Å². The molecule has 4 heteroatoms. The molecule has 0 aromatic heterocycles. The van der Waals surface area contributed by atoms with Crippen molar-refractivity contribution in [1.82, 2.24) is 0 Å². The molecular weight excluding hydrogens is 244 g/mol. The summed E-state index contributed by atoms with van der Waals surface area (Å²) >= 11 is 0. The molecule has 0 amide bonds. The molecule has 0 aromatic rings. The zero-order valence-corrected chi connectivity index (χ0v) is 12.7. The second kappa shape index (κ2) is 7.51. The molecule has 0 radical (unpaired) electrons. The largest absolute Gasteiger partial charge is 0.481 e. The first-order valence-electron chi connectivity index (χ1n) is 7.31. The van der Waals surface area contributed by atoms with Gasteiger partial charge in [-0.1, -0.05) is 40.5 Å². The van der Waals surface area contributed by atoms with Gasteiger partial charge in [-0.3, -0.25) is 9.59 Å². The van der Waals surface area contributed by atoms with Crippen LogP contribution < -0.4 is 0 Å². The topological polar surface area (TPSA) is 74.6 Å². The minimum absolute atomic E-state index is 0.235. The summed E-state index contributed by atoms with van der Waals surface area (Å²) in [6.07, 6.45) is 3.79. The number of carboxylic acid groups (broad SMARTS) is 2. The fraction of sp³-hybridized carbons (Fsp3) is 0.867. The van der Waals surface area contributed by atoms with Crippen LogP contribution in [-0.2, 0) is 9.59 Å². The zero-order valence-electron chi connectivity index (χ0n) is 12.7. The molecule has 112 valence electrons. The van der Waals surface area contributed by atoms with Crippen LogP contribution in [0, 0.1) is 10.8 Å². The van der Waals surface area contributed by atoms with E-state index in [9.17, 15) is 19.8 Å². The maximum Gasteiger partial charge on any atom is 0.309 e. The first-order chi connectivity index (χ1) is 8.84. The van der Waals surface area contributed by atoms with Crippen LogP contribution in [-0.4, -0.2) is 22.2 Å². The summed E-state index contributed by atoms with van der Waals surface area (Å²) in [6, 6.07) is 0. The molecule has 0 saturated carbocycles. The monoisotopic (exact) mass is 272 g/mol. The van der Waals surface area contributed by atoms with Crippen LogP contribution in [0.15, 0.2) is 0 Å². The van der Waals surface area contributed by atoms with Crippen LogP contribution in [0.3, 0.4) is 0 Å². The molecule has 19 heavy (non-hydrogen) atoms. The summed E-state index contributed by atoms with van der Waals surface area (Å²) in [5.74, 6) is -1.71. The Kier molecular flexibility index (Phi) is 7.09. The maximum absolute atomic E-state index is 11.7. The zero-order chi connectivity index (χ0) is 15.1. The third-order valence-corrected chi connectivity index (χ3v) is 4.39. The van der Waals surface area contributed by atoms with E-state index in [-0.39, 0.29) is 6.42 Å². The van der Waals surface area contributed by atoms with E-state index in [1.54, 1.807) is 0 Å². The van der Waals surface area contributed by atoms with Crippen LogP contribution in [0.25, 0.3) is 0 Å². The summed E-state index contributed by atoms with van der Waals surface area (Å²) < 4.78 is 0. The first-order valence-corrected chi connectivity index (χ1v) is 7.31.